The maximum absolute atomic E-state index is 12.1. The SMILES string of the molecule is CCn1c(SCC(=O)NNC(=O)c2ccccc2)nnc1-c1cccc(NC(C)=O)c1. The fourth-order valence-electron chi connectivity index (χ4n) is 2.79. The standard InChI is InChI=1S/C21H22N6O3S/c1-3-27-19(16-10-7-11-17(12-16)22-14(2)28)24-26-21(27)31-13-18(29)23-25-20(30)15-8-5-4-6-9-15/h4-12H,3,13H2,1-2H3,(H,22,28)(H,23,29)(H,25,30). The Balaban J connectivity index is 1.61. The van der Waals surface area contributed by atoms with Gasteiger partial charge in [-0.1, -0.05) is 42.1 Å². The largest absolute Gasteiger partial charge is 0.326 e. The molecule has 0 unspecified atom stereocenters. The molecule has 31 heavy (non-hydrogen) atoms. The highest BCUT2D eigenvalue weighted by atomic mass is 32.2. The summed E-state index contributed by atoms with van der Waals surface area (Å²) in [5.41, 5.74) is 6.70. The number of thioether (sulfide) groups is 1. The molecule has 0 saturated heterocycles. The summed E-state index contributed by atoms with van der Waals surface area (Å²) >= 11 is 1.21. The van der Waals surface area contributed by atoms with Crippen molar-refractivity contribution in [2.45, 2.75) is 25.5 Å². The van der Waals surface area contributed by atoms with Crippen molar-refractivity contribution in [3.63, 3.8) is 0 Å². The van der Waals surface area contributed by atoms with E-state index in [-0.39, 0.29) is 17.6 Å². The lowest BCUT2D eigenvalue weighted by atomic mass is 10.2. The van der Waals surface area contributed by atoms with Crippen molar-refractivity contribution in [2.24, 2.45) is 0 Å². The van der Waals surface area contributed by atoms with Gasteiger partial charge in [-0.3, -0.25) is 25.2 Å². The van der Waals surface area contributed by atoms with E-state index in [1.54, 1.807) is 36.4 Å². The molecule has 0 aliphatic carbocycles. The minimum absolute atomic E-state index is 0.0547. The average Bonchev–Trinajstić information content (AvgIpc) is 3.19. The van der Waals surface area contributed by atoms with Gasteiger partial charge in [0, 0.05) is 30.3 Å². The van der Waals surface area contributed by atoms with Crippen molar-refractivity contribution in [3.05, 3.63) is 60.2 Å². The first-order valence-corrected chi connectivity index (χ1v) is 10.5. The van der Waals surface area contributed by atoms with E-state index in [4.69, 9.17) is 0 Å². The summed E-state index contributed by atoms with van der Waals surface area (Å²) in [6.45, 7) is 4.00. The zero-order valence-corrected chi connectivity index (χ0v) is 17.9. The van der Waals surface area contributed by atoms with E-state index in [2.05, 4.69) is 26.4 Å². The van der Waals surface area contributed by atoms with E-state index in [0.717, 1.165) is 5.56 Å². The first-order chi connectivity index (χ1) is 15.0. The normalized spacial score (nSPS) is 10.4. The summed E-state index contributed by atoms with van der Waals surface area (Å²) in [5, 5.41) is 11.8. The van der Waals surface area contributed by atoms with Gasteiger partial charge < -0.3 is 9.88 Å². The first-order valence-electron chi connectivity index (χ1n) is 9.56. The molecule has 9 nitrogen and oxygen atoms in total. The van der Waals surface area contributed by atoms with Gasteiger partial charge in [-0.25, -0.2) is 0 Å². The molecule has 3 rings (SSSR count). The summed E-state index contributed by atoms with van der Waals surface area (Å²) in [6.07, 6.45) is 0. The fourth-order valence-corrected chi connectivity index (χ4v) is 3.59. The second-order valence-electron chi connectivity index (χ2n) is 6.47. The molecule has 0 fully saturated rings. The number of hydrogen-bond acceptors (Lipinski definition) is 6. The van der Waals surface area contributed by atoms with Gasteiger partial charge in [0.25, 0.3) is 5.91 Å². The molecule has 0 spiro atoms. The van der Waals surface area contributed by atoms with E-state index < -0.39 is 5.91 Å². The van der Waals surface area contributed by atoms with Gasteiger partial charge >= 0.3 is 0 Å². The molecule has 3 N–H and O–H groups in total. The van der Waals surface area contributed by atoms with Crippen molar-refractivity contribution >= 4 is 35.2 Å². The number of nitrogens with one attached hydrogen (secondary N) is 3. The third-order valence-corrected chi connectivity index (χ3v) is 5.12. The van der Waals surface area contributed by atoms with Crippen molar-refractivity contribution in [1.82, 2.24) is 25.6 Å². The average molecular weight is 439 g/mol. The predicted molar refractivity (Wildman–Crippen MR) is 118 cm³/mol. The Hall–Kier alpha value is -3.66. The quantitative estimate of drug-likeness (QED) is 0.385. The molecule has 10 heteroatoms. The van der Waals surface area contributed by atoms with Crippen LogP contribution in [-0.4, -0.2) is 38.2 Å². The molecule has 0 aliphatic rings. The smallest absolute Gasteiger partial charge is 0.269 e. The van der Waals surface area contributed by atoms with Gasteiger partial charge in [0.05, 0.1) is 5.75 Å². The molecule has 0 atom stereocenters. The van der Waals surface area contributed by atoms with Crippen molar-refractivity contribution in [3.8, 4) is 11.4 Å². The van der Waals surface area contributed by atoms with E-state index in [9.17, 15) is 14.4 Å². The van der Waals surface area contributed by atoms with Crippen molar-refractivity contribution in [2.75, 3.05) is 11.1 Å². The summed E-state index contributed by atoms with van der Waals surface area (Å²) in [6, 6.07) is 15.9. The molecule has 0 saturated carbocycles. The summed E-state index contributed by atoms with van der Waals surface area (Å²) in [5.74, 6) is -0.226. The van der Waals surface area contributed by atoms with Crippen molar-refractivity contribution < 1.29 is 14.4 Å². The zero-order chi connectivity index (χ0) is 22.2. The van der Waals surface area contributed by atoms with Gasteiger partial charge in [-0.05, 0) is 31.2 Å². The van der Waals surface area contributed by atoms with Gasteiger partial charge in [0.15, 0.2) is 11.0 Å². The van der Waals surface area contributed by atoms with Crippen LogP contribution in [0.1, 0.15) is 24.2 Å². The van der Waals surface area contributed by atoms with Gasteiger partial charge in [-0.15, -0.1) is 10.2 Å². The number of amides is 3. The topological polar surface area (TPSA) is 118 Å². The molecule has 2 aromatic carbocycles. The number of rotatable bonds is 7. The van der Waals surface area contributed by atoms with E-state index in [1.165, 1.54) is 18.7 Å². The third-order valence-electron chi connectivity index (χ3n) is 4.16. The summed E-state index contributed by atoms with van der Waals surface area (Å²) in [4.78, 5) is 35.4. The second-order valence-corrected chi connectivity index (χ2v) is 7.41. The van der Waals surface area contributed by atoms with Gasteiger partial charge in [0.2, 0.25) is 11.8 Å². The Labute approximate surface area is 183 Å². The van der Waals surface area contributed by atoms with Crippen LogP contribution in [-0.2, 0) is 16.1 Å². The molecule has 3 amide bonds. The van der Waals surface area contributed by atoms with Crippen LogP contribution in [0.3, 0.4) is 0 Å². The number of carbonyl (C=O) groups is 3. The van der Waals surface area contributed by atoms with Crippen LogP contribution in [0.2, 0.25) is 0 Å². The number of nitrogens with zero attached hydrogens (tertiary/aromatic N) is 3. The summed E-state index contributed by atoms with van der Waals surface area (Å²) in [7, 11) is 0. The van der Waals surface area contributed by atoms with Gasteiger partial charge in [-0.2, -0.15) is 0 Å². The molecule has 0 aliphatic heterocycles. The maximum atomic E-state index is 12.1. The number of aromatic nitrogens is 3. The monoisotopic (exact) mass is 438 g/mol. The lowest BCUT2D eigenvalue weighted by molar-refractivity contribution is -0.119. The van der Waals surface area contributed by atoms with E-state index in [0.29, 0.717) is 28.8 Å². The first kappa shape index (κ1) is 22.0. The number of carbonyl (C=O) groups excluding carboxylic acids is 3. The molecular formula is C21H22N6O3S. The van der Waals surface area contributed by atoms with Gasteiger partial charge in [0.1, 0.15) is 0 Å². The molecule has 3 aromatic rings. The number of benzene rings is 2. The number of hydrazine groups is 1. The number of hydrogen-bond donors (Lipinski definition) is 3. The minimum atomic E-state index is -0.392. The van der Waals surface area contributed by atoms with E-state index in [1.807, 2.05) is 29.7 Å². The Morgan fingerprint density at radius 2 is 1.77 bits per heavy atom. The number of anilines is 1. The Kier molecular flexibility index (Phi) is 7.39. The lowest BCUT2D eigenvalue weighted by Crippen LogP contribution is -2.42. The second kappa shape index (κ2) is 10.4. The molecule has 160 valence electrons. The van der Waals surface area contributed by atoms with Crippen LogP contribution in [0.5, 0.6) is 0 Å². The van der Waals surface area contributed by atoms with Crippen LogP contribution >= 0.6 is 11.8 Å². The van der Waals surface area contributed by atoms with Crippen LogP contribution in [0, 0.1) is 0 Å². The third kappa shape index (κ3) is 5.92. The van der Waals surface area contributed by atoms with E-state index >= 15 is 0 Å². The highest BCUT2D eigenvalue weighted by Gasteiger charge is 2.15. The molecule has 0 bridgehead atoms. The highest BCUT2D eigenvalue weighted by molar-refractivity contribution is 7.99. The van der Waals surface area contributed by atoms with Crippen molar-refractivity contribution in [1.29, 1.82) is 0 Å². The summed E-state index contributed by atoms with van der Waals surface area (Å²) < 4.78 is 1.88. The Bertz CT molecular complexity index is 1080. The van der Waals surface area contributed by atoms with Crippen LogP contribution in [0.15, 0.2) is 59.8 Å². The molecular weight excluding hydrogens is 416 g/mol. The molecule has 1 heterocycles. The maximum Gasteiger partial charge on any atom is 0.269 e. The Morgan fingerprint density at radius 3 is 2.48 bits per heavy atom. The minimum Gasteiger partial charge on any atom is -0.326 e. The fraction of sp³-hybridized carbons (Fsp3) is 0.190. The molecule has 0 radical (unpaired) electrons. The predicted octanol–water partition coefficient (Wildman–Crippen LogP) is 2.48. The lowest BCUT2D eigenvalue weighted by Gasteiger charge is -2.09. The molecule has 1 aromatic heterocycles. The zero-order valence-electron chi connectivity index (χ0n) is 17.1. The Morgan fingerprint density at radius 1 is 1.00 bits per heavy atom. The van der Waals surface area contributed by atoms with Crippen LogP contribution < -0.4 is 16.2 Å². The van der Waals surface area contributed by atoms with Crippen LogP contribution in [0.25, 0.3) is 11.4 Å². The van der Waals surface area contributed by atoms with Crippen LogP contribution in [0.4, 0.5) is 5.69 Å². The highest BCUT2D eigenvalue weighted by Crippen LogP contribution is 2.25.